The van der Waals surface area contributed by atoms with E-state index in [0.717, 1.165) is 29.8 Å². The van der Waals surface area contributed by atoms with Crippen LogP contribution in [-0.4, -0.2) is 27.0 Å². The van der Waals surface area contributed by atoms with Crippen molar-refractivity contribution in [3.63, 3.8) is 0 Å². The first-order chi connectivity index (χ1) is 16.5. The number of aromatic nitrogens is 2. The van der Waals surface area contributed by atoms with E-state index < -0.39 is 0 Å². The summed E-state index contributed by atoms with van der Waals surface area (Å²) in [7, 11) is 0. The molecule has 3 heteroatoms. The molecule has 2 aromatic rings. The summed E-state index contributed by atoms with van der Waals surface area (Å²) in [6.07, 6.45) is 21.0. The van der Waals surface area contributed by atoms with E-state index in [1.54, 1.807) is 5.57 Å². The van der Waals surface area contributed by atoms with Crippen molar-refractivity contribution in [1.82, 2.24) is 14.5 Å². The topological polar surface area (TPSA) is 21.1 Å². The molecule has 4 aliphatic rings. The normalized spacial score (nSPS) is 37.2. The van der Waals surface area contributed by atoms with Gasteiger partial charge in [0.2, 0.25) is 0 Å². The van der Waals surface area contributed by atoms with Crippen molar-refractivity contribution in [1.29, 1.82) is 0 Å². The molecular weight excluding hydrogens is 414 g/mol. The molecule has 6 atom stereocenters. The van der Waals surface area contributed by atoms with E-state index in [1.165, 1.54) is 56.2 Å². The number of para-hydroxylation sites is 2. The largest absolute Gasteiger partial charge is 0.375 e. The van der Waals surface area contributed by atoms with E-state index in [9.17, 15) is 0 Å². The molecule has 0 saturated heterocycles. The molecule has 0 aliphatic heterocycles. The number of benzene rings is 1. The van der Waals surface area contributed by atoms with Crippen molar-refractivity contribution < 1.29 is 0 Å². The Morgan fingerprint density at radius 1 is 1.06 bits per heavy atom. The van der Waals surface area contributed by atoms with Crippen LogP contribution < -0.4 is 0 Å². The fourth-order valence-corrected chi connectivity index (χ4v) is 8.67. The number of rotatable bonds is 4. The van der Waals surface area contributed by atoms with Gasteiger partial charge in [-0.25, -0.2) is 4.98 Å². The first-order valence-corrected chi connectivity index (χ1v) is 13.7. The Morgan fingerprint density at radius 2 is 1.88 bits per heavy atom. The zero-order chi connectivity index (χ0) is 23.5. The van der Waals surface area contributed by atoms with Crippen molar-refractivity contribution >= 4 is 16.7 Å². The second kappa shape index (κ2) is 8.14. The van der Waals surface area contributed by atoms with Crippen LogP contribution in [0.3, 0.4) is 0 Å². The zero-order valence-corrected chi connectivity index (χ0v) is 21.5. The first kappa shape index (κ1) is 22.2. The lowest BCUT2D eigenvalue weighted by atomic mass is 9.47. The maximum absolute atomic E-state index is 4.72. The standard InChI is InChI=1S/C31H41N3/c1-5-19-33(6-2)23-15-17-30(3)22(20-23)11-12-24-25-13-14-29(31(25,4)18-16-26(24)30)34-21-32-27-9-7-8-10-28(27)34/h5,7-11,14,19,21,23-26H,6,12-13,15-18,20H2,1-4H3/b19-5-. The SMILES string of the molecule is C/C=C\N(CC)C1CCC2(C)C(=CCC3C2CCC2(C)C(n4cnc5ccccc54)=CCC32)C1. The Bertz CT molecular complexity index is 1170. The molecule has 1 aromatic heterocycles. The highest BCUT2D eigenvalue weighted by molar-refractivity contribution is 5.80. The maximum Gasteiger partial charge on any atom is 0.100 e. The minimum absolute atomic E-state index is 0.258. The maximum atomic E-state index is 4.72. The molecule has 4 aliphatic carbocycles. The van der Waals surface area contributed by atoms with Crippen LogP contribution in [0.5, 0.6) is 0 Å². The van der Waals surface area contributed by atoms with E-state index in [4.69, 9.17) is 4.98 Å². The van der Waals surface area contributed by atoms with Crippen molar-refractivity contribution in [2.24, 2.45) is 28.6 Å². The molecule has 0 N–H and O–H groups in total. The summed E-state index contributed by atoms with van der Waals surface area (Å²) in [5.74, 6) is 2.41. The molecule has 180 valence electrons. The molecule has 0 bridgehead atoms. The van der Waals surface area contributed by atoms with Crippen molar-refractivity contribution in [2.45, 2.75) is 78.7 Å². The second-order valence-electron chi connectivity index (χ2n) is 11.9. The lowest BCUT2D eigenvalue weighted by Crippen LogP contribution is -2.51. The quantitative estimate of drug-likeness (QED) is 0.441. The molecule has 0 radical (unpaired) electrons. The molecule has 34 heavy (non-hydrogen) atoms. The van der Waals surface area contributed by atoms with E-state index in [-0.39, 0.29) is 5.41 Å². The van der Waals surface area contributed by atoms with Crippen LogP contribution in [0.1, 0.15) is 72.6 Å². The van der Waals surface area contributed by atoms with Gasteiger partial charge in [0, 0.05) is 23.7 Å². The Hall–Kier alpha value is -2.29. The van der Waals surface area contributed by atoms with Gasteiger partial charge < -0.3 is 9.47 Å². The summed E-state index contributed by atoms with van der Waals surface area (Å²) < 4.78 is 2.41. The van der Waals surface area contributed by atoms with Gasteiger partial charge in [0.25, 0.3) is 0 Å². The van der Waals surface area contributed by atoms with Crippen molar-refractivity contribution in [2.75, 3.05) is 6.54 Å². The Morgan fingerprint density at radius 3 is 2.71 bits per heavy atom. The fraction of sp³-hybridized carbons (Fsp3) is 0.581. The summed E-state index contributed by atoms with van der Waals surface area (Å²) >= 11 is 0. The van der Waals surface area contributed by atoms with E-state index in [0.29, 0.717) is 11.5 Å². The van der Waals surface area contributed by atoms with Gasteiger partial charge >= 0.3 is 0 Å². The summed E-state index contributed by atoms with van der Waals surface area (Å²) in [5, 5.41) is 0. The molecule has 3 nitrogen and oxygen atoms in total. The molecule has 2 saturated carbocycles. The molecular formula is C31H41N3. The molecule has 2 fully saturated rings. The summed E-state index contributed by atoms with van der Waals surface area (Å²) in [4.78, 5) is 7.30. The van der Waals surface area contributed by atoms with E-state index >= 15 is 0 Å². The van der Waals surface area contributed by atoms with Crippen LogP contribution >= 0.6 is 0 Å². The smallest absolute Gasteiger partial charge is 0.100 e. The average Bonchev–Trinajstić information content (AvgIpc) is 3.42. The Balaban J connectivity index is 1.28. The fourth-order valence-electron chi connectivity index (χ4n) is 8.67. The molecule has 0 spiro atoms. The van der Waals surface area contributed by atoms with Gasteiger partial charge in [-0.05, 0) is 100 Å². The van der Waals surface area contributed by atoms with Gasteiger partial charge in [-0.15, -0.1) is 0 Å². The monoisotopic (exact) mass is 455 g/mol. The third-order valence-corrected chi connectivity index (χ3v) is 10.5. The lowest BCUT2D eigenvalue weighted by Gasteiger charge is -2.58. The third-order valence-electron chi connectivity index (χ3n) is 10.5. The van der Waals surface area contributed by atoms with Crippen LogP contribution in [0.25, 0.3) is 16.7 Å². The highest BCUT2D eigenvalue weighted by Gasteiger charge is 2.57. The molecule has 0 amide bonds. The molecule has 6 rings (SSSR count). The second-order valence-corrected chi connectivity index (χ2v) is 11.9. The predicted octanol–water partition coefficient (Wildman–Crippen LogP) is 7.67. The minimum atomic E-state index is 0.258. The number of imidazole rings is 1. The minimum Gasteiger partial charge on any atom is -0.375 e. The van der Waals surface area contributed by atoms with Crippen molar-refractivity contribution in [3.05, 3.63) is 60.6 Å². The van der Waals surface area contributed by atoms with Crippen LogP contribution in [0, 0.1) is 28.6 Å². The van der Waals surface area contributed by atoms with Gasteiger partial charge in [0.1, 0.15) is 6.33 Å². The van der Waals surface area contributed by atoms with Gasteiger partial charge in [-0.3, -0.25) is 0 Å². The molecule has 6 unspecified atom stereocenters. The van der Waals surface area contributed by atoms with Crippen LogP contribution in [0.2, 0.25) is 0 Å². The number of fused-ring (bicyclic) bond motifs is 6. The van der Waals surface area contributed by atoms with Gasteiger partial charge in [-0.1, -0.05) is 49.8 Å². The summed E-state index contributed by atoms with van der Waals surface area (Å²) in [6.45, 7) is 10.8. The lowest BCUT2D eigenvalue weighted by molar-refractivity contribution is -0.0176. The summed E-state index contributed by atoms with van der Waals surface area (Å²) in [5.41, 5.74) is 6.32. The van der Waals surface area contributed by atoms with E-state index in [1.807, 2.05) is 0 Å². The Labute approximate surface area is 205 Å². The van der Waals surface area contributed by atoms with E-state index in [2.05, 4.69) is 92.2 Å². The van der Waals surface area contributed by atoms with Crippen LogP contribution in [0.4, 0.5) is 0 Å². The summed E-state index contributed by atoms with van der Waals surface area (Å²) in [6, 6.07) is 9.29. The molecule has 1 aromatic carbocycles. The third kappa shape index (κ3) is 3.11. The highest BCUT2D eigenvalue weighted by Crippen LogP contribution is 2.65. The number of hydrogen-bond donors (Lipinski definition) is 0. The van der Waals surface area contributed by atoms with Gasteiger partial charge in [-0.2, -0.15) is 0 Å². The zero-order valence-electron chi connectivity index (χ0n) is 21.5. The average molecular weight is 456 g/mol. The van der Waals surface area contributed by atoms with Gasteiger partial charge in [0.15, 0.2) is 0 Å². The predicted molar refractivity (Wildman–Crippen MR) is 142 cm³/mol. The first-order valence-electron chi connectivity index (χ1n) is 13.7. The Kier molecular flexibility index (Phi) is 5.31. The number of nitrogens with zero attached hydrogens (tertiary/aromatic N) is 3. The number of allylic oxidation sites excluding steroid dienone is 4. The highest BCUT2D eigenvalue weighted by atomic mass is 15.1. The van der Waals surface area contributed by atoms with Crippen LogP contribution in [0.15, 0.2) is 60.6 Å². The van der Waals surface area contributed by atoms with Crippen LogP contribution in [-0.2, 0) is 0 Å². The molecule has 1 heterocycles. The van der Waals surface area contributed by atoms with Gasteiger partial charge in [0.05, 0.1) is 11.0 Å². The van der Waals surface area contributed by atoms with Crippen molar-refractivity contribution in [3.8, 4) is 0 Å². The number of hydrogen-bond acceptors (Lipinski definition) is 2.